The summed E-state index contributed by atoms with van der Waals surface area (Å²) in [5.74, 6) is 0.826. The fraction of sp³-hybridized carbons (Fsp3) is 0.400. The van der Waals surface area contributed by atoms with Gasteiger partial charge < -0.3 is 15.1 Å². The molecule has 2 fully saturated rings. The second kappa shape index (κ2) is 8.39. The normalized spacial score (nSPS) is 17.0. The Bertz CT molecular complexity index is 1210. The molecular weight excluding hydrogens is 402 g/mol. The van der Waals surface area contributed by atoms with E-state index in [0.717, 1.165) is 50.3 Å². The molecule has 3 aromatic rings. The Hall–Kier alpha value is -3.19. The maximum Gasteiger partial charge on any atom is 0.261 e. The summed E-state index contributed by atoms with van der Waals surface area (Å²) in [4.78, 5) is 35.4. The van der Waals surface area contributed by atoms with Crippen LogP contribution in [0.15, 0.2) is 47.3 Å². The number of piperazine rings is 1. The van der Waals surface area contributed by atoms with Crippen LogP contribution in [-0.2, 0) is 11.3 Å². The van der Waals surface area contributed by atoms with E-state index < -0.39 is 0 Å². The van der Waals surface area contributed by atoms with Gasteiger partial charge >= 0.3 is 0 Å². The predicted octanol–water partition coefficient (Wildman–Crippen LogP) is 2.85. The van der Waals surface area contributed by atoms with Gasteiger partial charge in [-0.1, -0.05) is 30.3 Å². The predicted molar refractivity (Wildman–Crippen MR) is 127 cm³/mol. The first-order valence-corrected chi connectivity index (χ1v) is 11.3. The Morgan fingerprint density at radius 1 is 1.09 bits per heavy atom. The van der Waals surface area contributed by atoms with E-state index in [2.05, 4.69) is 22.2 Å². The van der Waals surface area contributed by atoms with Crippen molar-refractivity contribution in [1.29, 1.82) is 0 Å². The van der Waals surface area contributed by atoms with Gasteiger partial charge in [0, 0.05) is 32.1 Å². The van der Waals surface area contributed by atoms with E-state index in [4.69, 9.17) is 4.98 Å². The number of nitrogens with one attached hydrogen (secondary N) is 1. The van der Waals surface area contributed by atoms with Gasteiger partial charge in [-0.2, -0.15) is 0 Å². The number of aromatic nitrogens is 2. The smallest absolute Gasteiger partial charge is 0.261 e. The molecule has 32 heavy (non-hydrogen) atoms. The van der Waals surface area contributed by atoms with Gasteiger partial charge in [-0.3, -0.25) is 14.2 Å². The minimum absolute atomic E-state index is 0.0457. The SMILES string of the molecule is Cc1nc2cc(N3CCN(C)CC3)c(NC(=O)C3CC3)cc2c(=O)n1Cc1ccccc1. The number of carbonyl (C=O) groups excluding carboxylic acids is 1. The van der Waals surface area contributed by atoms with Gasteiger partial charge in [-0.25, -0.2) is 4.98 Å². The number of hydrogen-bond donors (Lipinski definition) is 1. The van der Waals surface area contributed by atoms with E-state index >= 15 is 0 Å². The molecule has 2 heterocycles. The summed E-state index contributed by atoms with van der Waals surface area (Å²) in [6.45, 7) is 6.01. The first kappa shape index (κ1) is 20.7. The van der Waals surface area contributed by atoms with Crippen molar-refractivity contribution in [2.75, 3.05) is 43.4 Å². The zero-order chi connectivity index (χ0) is 22.2. The average Bonchev–Trinajstić information content (AvgIpc) is 3.64. The first-order chi connectivity index (χ1) is 15.5. The molecule has 1 N–H and O–H groups in total. The summed E-state index contributed by atoms with van der Waals surface area (Å²) in [7, 11) is 2.12. The van der Waals surface area contributed by atoms with Gasteiger partial charge in [-0.15, -0.1) is 0 Å². The van der Waals surface area contributed by atoms with Crippen LogP contribution >= 0.6 is 0 Å². The third-order valence-electron chi connectivity index (χ3n) is 6.50. The molecule has 1 aliphatic heterocycles. The van der Waals surface area contributed by atoms with Gasteiger partial charge in [0.25, 0.3) is 5.56 Å². The molecule has 0 spiro atoms. The minimum Gasteiger partial charge on any atom is -0.367 e. The number of hydrogen-bond acceptors (Lipinski definition) is 5. The number of rotatable bonds is 5. The van der Waals surface area contributed by atoms with E-state index in [9.17, 15) is 9.59 Å². The second-order valence-corrected chi connectivity index (χ2v) is 8.98. The van der Waals surface area contributed by atoms with Crippen LogP contribution in [0, 0.1) is 12.8 Å². The molecule has 2 aliphatic rings. The Morgan fingerprint density at radius 2 is 1.81 bits per heavy atom. The van der Waals surface area contributed by atoms with E-state index in [1.165, 1.54) is 0 Å². The largest absolute Gasteiger partial charge is 0.367 e. The van der Waals surface area contributed by atoms with Crippen molar-refractivity contribution >= 4 is 28.2 Å². The van der Waals surface area contributed by atoms with Crippen LogP contribution in [0.3, 0.4) is 0 Å². The summed E-state index contributed by atoms with van der Waals surface area (Å²) in [6.07, 6.45) is 1.88. The average molecular weight is 432 g/mol. The van der Waals surface area contributed by atoms with Crippen LogP contribution in [0.25, 0.3) is 10.9 Å². The molecule has 166 valence electrons. The molecular formula is C25H29N5O2. The Kier molecular flexibility index (Phi) is 5.43. The monoisotopic (exact) mass is 431 g/mol. The highest BCUT2D eigenvalue weighted by atomic mass is 16.2. The second-order valence-electron chi connectivity index (χ2n) is 8.98. The van der Waals surface area contributed by atoms with Gasteiger partial charge in [0.05, 0.1) is 28.8 Å². The summed E-state index contributed by atoms with van der Waals surface area (Å²) in [5, 5.41) is 3.65. The Morgan fingerprint density at radius 3 is 2.50 bits per heavy atom. The lowest BCUT2D eigenvalue weighted by Gasteiger charge is -2.35. The number of benzene rings is 2. The zero-order valence-corrected chi connectivity index (χ0v) is 18.7. The molecule has 1 amide bonds. The summed E-state index contributed by atoms with van der Waals surface area (Å²) in [6, 6.07) is 13.7. The van der Waals surface area contributed by atoms with Crippen molar-refractivity contribution in [2.45, 2.75) is 26.3 Å². The quantitative estimate of drug-likeness (QED) is 0.673. The van der Waals surface area contributed by atoms with Gasteiger partial charge in [0.1, 0.15) is 5.82 Å². The van der Waals surface area contributed by atoms with E-state index in [0.29, 0.717) is 29.0 Å². The molecule has 0 atom stereocenters. The lowest BCUT2D eigenvalue weighted by atomic mass is 10.1. The third kappa shape index (κ3) is 4.12. The lowest BCUT2D eigenvalue weighted by molar-refractivity contribution is -0.117. The summed E-state index contributed by atoms with van der Waals surface area (Å²) < 4.78 is 1.71. The fourth-order valence-electron chi connectivity index (χ4n) is 4.31. The van der Waals surface area contributed by atoms with Crippen LogP contribution < -0.4 is 15.8 Å². The highest BCUT2D eigenvalue weighted by molar-refractivity contribution is 6.00. The summed E-state index contributed by atoms with van der Waals surface area (Å²) >= 11 is 0. The number of aryl methyl sites for hydroxylation is 1. The standard InChI is InChI=1S/C25H29N5O2/c1-17-26-21-15-23(29-12-10-28(2)11-13-29)22(27-24(31)19-8-9-19)14-20(21)25(32)30(17)16-18-6-4-3-5-7-18/h3-7,14-15,19H,8-13,16H2,1-2H3,(H,27,31). The zero-order valence-electron chi connectivity index (χ0n) is 18.7. The van der Waals surface area contributed by atoms with Crippen molar-refractivity contribution < 1.29 is 4.79 Å². The van der Waals surface area contributed by atoms with Crippen LogP contribution in [0.2, 0.25) is 0 Å². The topological polar surface area (TPSA) is 70.5 Å². The molecule has 0 unspecified atom stereocenters. The van der Waals surface area contributed by atoms with Gasteiger partial charge in [0.2, 0.25) is 5.91 Å². The van der Waals surface area contributed by atoms with E-state index in [1.807, 2.05) is 49.4 Å². The van der Waals surface area contributed by atoms with Crippen LogP contribution in [0.4, 0.5) is 11.4 Å². The highest BCUT2D eigenvalue weighted by Gasteiger charge is 2.31. The van der Waals surface area contributed by atoms with Gasteiger partial charge in [-0.05, 0) is 44.5 Å². The highest BCUT2D eigenvalue weighted by Crippen LogP contribution is 2.34. The van der Waals surface area contributed by atoms with Crippen LogP contribution in [-0.4, -0.2) is 53.6 Å². The molecule has 0 bridgehead atoms. The Balaban J connectivity index is 1.59. The summed E-state index contributed by atoms with van der Waals surface area (Å²) in [5.41, 5.74) is 3.31. The molecule has 1 saturated heterocycles. The fourth-order valence-corrected chi connectivity index (χ4v) is 4.31. The van der Waals surface area contributed by atoms with Crippen LogP contribution in [0.5, 0.6) is 0 Å². The number of amides is 1. The number of likely N-dealkylation sites (N-methyl/N-ethyl adjacent to an activating group) is 1. The first-order valence-electron chi connectivity index (χ1n) is 11.3. The van der Waals surface area contributed by atoms with Crippen molar-refractivity contribution in [1.82, 2.24) is 14.5 Å². The number of fused-ring (bicyclic) bond motifs is 1. The molecule has 1 saturated carbocycles. The molecule has 7 heteroatoms. The molecule has 2 aromatic carbocycles. The van der Waals surface area contributed by atoms with Crippen molar-refractivity contribution in [3.8, 4) is 0 Å². The number of carbonyl (C=O) groups is 1. The molecule has 0 radical (unpaired) electrons. The van der Waals surface area contributed by atoms with E-state index in [-0.39, 0.29) is 17.4 Å². The maximum absolute atomic E-state index is 13.5. The minimum atomic E-state index is -0.0804. The number of anilines is 2. The van der Waals surface area contributed by atoms with Crippen molar-refractivity contribution in [2.24, 2.45) is 5.92 Å². The third-order valence-corrected chi connectivity index (χ3v) is 6.50. The molecule has 1 aromatic heterocycles. The van der Waals surface area contributed by atoms with E-state index in [1.54, 1.807) is 4.57 Å². The van der Waals surface area contributed by atoms with Crippen molar-refractivity contribution in [3.05, 3.63) is 64.2 Å². The molecule has 1 aliphatic carbocycles. The Labute approximate surface area is 187 Å². The van der Waals surface area contributed by atoms with Crippen LogP contribution in [0.1, 0.15) is 24.2 Å². The maximum atomic E-state index is 13.5. The molecule has 7 nitrogen and oxygen atoms in total. The van der Waals surface area contributed by atoms with Gasteiger partial charge in [0.15, 0.2) is 0 Å². The lowest BCUT2D eigenvalue weighted by Crippen LogP contribution is -2.44. The number of nitrogens with zero attached hydrogens (tertiary/aromatic N) is 4. The molecule has 5 rings (SSSR count). The van der Waals surface area contributed by atoms with Crippen molar-refractivity contribution in [3.63, 3.8) is 0 Å².